The van der Waals surface area contributed by atoms with Crippen LogP contribution in [0.1, 0.15) is 5.56 Å². The van der Waals surface area contributed by atoms with E-state index in [1.807, 2.05) is 0 Å². The van der Waals surface area contributed by atoms with Gasteiger partial charge in [0.1, 0.15) is 0 Å². The first kappa shape index (κ1) is 11.3. The molecule has 0 aliphatic heterocycles. The Hall–Kier alpha value is -1.23. The molecule has 5 heteroatoms. The Labute approximate surface area is 98.0 Å². The second kappa shape index (κ2) is 3.97. The predicted molar refractivity (Wildman–Crippen MR) is 56.8 cm³/mol. The van der Waals surface area contributed by atoms with Gasteiger partial charge in [-0.15, -0.1) is 0 Å². The van der Waals surface area contributed by atoms with E-state index >= 15 is 0 Å². The van der Waals surface area contributed by atoms with Crippen LogP contribution >= 0.6 is 15.9 Å². The van der Waals surface area contributed by atoms with Gasteiger partial charge in [0.05, 0.1) is 11.8 Å². The minimum Gasteiger partial charge on any atom is -0.457 e. The second-order valence-electron chi connectivity index (χ2n) is 3.19. The van der Waals surface area contributed by atoms with Gasteiger partial charge >= 0.3 is 6.18 Å². The SMILES string of the molecule is FC(F)(F)c1cccc(-c2ccoc2Br)c1. The average molecular weight is 291 g/mol. The van der Waals surface area contributed by atoms with Crippen LogP contribution in [0.3, 0.4) is 0 Å². The van der Waals surface area contributed by atoms with Gasteiger partial charge in [-0.05, 0) is 39.7 Å². The highest BCUT2D eigenvalue weighted by atomic mass is 79.9. The van der Waals surface area contributed by atoms with Crippen LogP contribution < -0.4 is 0 Å². The van der Waals surface area contributed by atoms with Crippen LogP contribution in [0.15, 0.2) is 45.7 Å². The van der Waals surface area contributed by atoms with Crippen molar-refractivity contribution >= 4 is 15.9 Å². The van der Waals surface area contributed by atoms with Crippen LogP contribution in [-0.2, 0) is 6.18 Å². The molecular weight excluding hydrogens is 285 g/mol. The van der Waals surface area contributed by atoms with Gasteiger partial charge in [0.25, 0.3) is 0 Å². The molecule has 0 saturated heterocycles. The van der Waals surface area contributed by atoms with Crippen molar-refractivity contribution in [2.45, 2.75) is 6.18 Å². The summed E-state index contributed by atoms with van der Waals surface area (Å²) in [5.74, 6) is 0. The Morgan fingerprint density at radius 3 is 2.44 bits per heavy atom. The number of hydrogen-bond donors (Lipinski definition) is 0. The summed E-state index contributed by atoms with van der Waals surface area (Å²) >= 11 is 3.13. The van der Waals surface area contributed by atoms with E-state index < -0.39 is 11.7 Å². The number of furan rings is 1. The van der Waals surface area contributed by atoms with Gasteiger partial charge in [0.15, 0.2) is 4.67 Å². The normalized spacial score (nSPS) is 11.8. The number of hydrogen-bond acceptors (Lipinski definition) is 1. The summed E-state index contributed by atoms with van der Waals surface area (Å²) in [4.78, 5) is 0. The van der Waals surface area contributed by atoms with Crippen LogP contribution in [0, 0.1) is 0 Å². The summed E-state index contributed by atoms with van der Waals surface area (Å²) in [6.45, 7) is 0. The summed E-state index contributed by atoms with van der Waals surface area (Å²) < 4.78 is 42.8. The van der Waals surface area contributed by atoms with Crippen molar-refractivity contribution in [1.82, 2.24) is 0 Å². The topological polar surface area (TPSA) is 13.1 Å². The van der Waals surface area contributed by atoms with E-state index in [9.17, 15) is 13.2 Å². The van der Waals surface area contributed by atoms with Crippen LogP contribution in [0.5, 0.6) is 0 Å². The molecule has 0 bridgehead atoms. The molecule has 2 rings (SSSR count). The molecule has 0 unspecified atom stereocenters. The van der Waals surface area contributed by atoms with Crippen molar-refractivity contribution < 1.29 is 17.6 Å². The smallest absolute Gasteiger partial charge is 0.416 e. The lowest BCUT2D eigenvalue weighted by atomic mass is 10.1. The summed E-state index contributed by atoms with van der Waals surface area (Å²) in [5.41, 5.74) is 0.402. The number of rotatable bonds is 1. The van der Waals surface area contributed by atoms with E-state index in [0.29, 0.717) is 15.8 Å². The lowest BCUT2D eigenvalue weighted by molar-refractivity contribution is -0.137. The molecule has 1 aromatic heterocycles. The minimum atomic E-state index is -4.33. The monoisotopic (exact) mass is 290 g/mol. The molecule has 16 heavy (non-hydrogen) atoms. The highest BCUT2D eigenvalue weighted by Crippen LogP contribution is 2.34. The van der Waals surface area contributed by atoms with Crippen molar-refractivity contribution in [2.75, 3.05) is 0 Å². The largest absolute Gasteiger partial charge is 0.457 e. The van der Waals surface area contributed by atoms with Crippen LogP contribution in [-0.4, -0.2) is 0 Å². The van der Waals surface area contributed by atoms with E-state index in [1.165, 1.54) is 12.3 Å². The molecule has 2 aromatic rings. The van der Waals surface area contributed by atoms with Crippen molar-refractivity contribution in [3.63, 3.8) is 0 Å². The number of benzene rings is 1. The zero-order valence-electron chi connectivity index (χ0n) is 7.88. The molecule has 0 saturated carbocycles. The van der Waals surface area contributed by atoms with E-state index in [2.05, 4.69) is 15.9 Å². The molecule has 0 amide bonds. The molecular formula is C11H6BrF3O. The molecule has 0 atom stereocenters. The Balaban J connectivity index is 2.49. The number of halogens is 4. The highest BCUT2D eigenvalue weighted by molar-refractivity contribution is 9.10. The third-order valence-corrected chi connectivity index (χ3v) is 2.73. The molecule has 0 spiro atoms. The zero-order valence-corrected chi connectivity index (χ0v) is 9.47. The Morgan fingerprint density at radius 1 is 1.12 bits per heavy atom. The first-order valence-electron chi connectivity index (χ1n) is 4.39. The molecule has 0 aliphatic carbocycles. The average Bonchev–Trinajstić information content (AvgIpc) is 2.63. The fraction of sp³-hybridized carbons (Fsp3) is 0.0909. The van der Waals surface area contributed by atoms with Crippen molar-refractivity contribution in [3.8, 4) is 11.1 Å². The summed E-state index contributed by atoms with van der Waals surface area (Å²) in [6.07, 6.45) is -2.91. The third kappa shape index (κ3) is 2.14. The van der Waals surface area contributed by atoms with Gasteiger partial charge in [0, 0.05) is 5.56 Å². The van der Waals surface area contributed by atoms with Crippen LogP contribution in [0.4, 0.5) is 13.2 Å². The minimum absolute atomic E-state index is 0.423. The van der Waals surface area contributed by atoms with E-state index in [1.54, 1.807) is 12.1 Å². The maximum absolute atomic E-state index is 12.5. The molecule has 0 aliphatic rings. The zero-order chi connectivity index (χ0) is 11.8. The van der Waals surface area contributed by atoms with Crippen molar-refractivity contribution in [3.05, 3.63) is 46.8 Å². The summed E-state index contributed by atoms with van der Waals surface area (Å²) in [5, 5.41) is 0. The fourth-order valence-corrected chi connectivity index (χ4v) is 1.83. The summed E-state index contributed by atoms with van der Waals surface area (Å²) in [7, 11) is 0. The lowest BCUT2D eigenvalue weighted by Crippen LogP contribution is -2.04. The molecule has 84 valence electrons. The molecule has 0 N–H and O–H groups in total. The summed E-state index contributed by atoms with van der Waals surface area (Å²) in [6, 6.07) is 6.72. The molecule has 0 fully saturated rings. The maximum atomic E-state index is 12.5. The van der Waals surface area contributed by atoms with Crippen LogP contribution in [0.25, 0.3) is 11.1 Å². The van der Waals surface area contributed by atoms with E-state index in [0.717, 1.165) is 12.1 Å². The highest BCUT2D eigenvalue weighted by Gasteiger charge is 2.30. The van der Waals surface area contributed by atoms with Gasteiger partial charge in [-0.25, -0.2) is 0 Å². The van der Waals surface area contributed by atoms with Gasteiger partial charge < -0.3 is 4.42 Å². The number of alkyl halides is 3. The Kier molecular flexibility index (Phi) is 2.80. The lowest BCUT2D eigenvalue weighted by Gasteiger charge is -2.07. The third-order valence-electron chi connectivity index (χ3n) is 2.12. The molecule has 1 nitrogen and oxygen atoms in total. The molecule has 1 aromatic carbocycles. The Morgan fingerprint density at radius 2 is 1.88 bits per heavy atom. The molecule has 0 radical (unpaired) electrons. The van der Waals surface area contributed by atoms with Gasteiger partial charge in [-0.1, -0.05) is 12.1 Å². The van der Waals surface area contributed by atoms with E-state index in [4.69, 9.17) is 4.42 Å². The van der Waals surface area contributed by atoms with Gasteiger partial charge in [-0.2, -0.15) is 13.2 Å². The first-order chi connectivity index (χ1) is 7.48. The Bertz CT molecular complexity index is 502. The van der Waals surface area contributed by atoms with Gasteiger partial charge in [0.2, 0.25) is 0 Å². The van der Waals surface area contributed by atoms with Crippen molar-refractivity contribution in [2.24, 2.45) is 0 Å². The van der Waals surface area contributed by atoms with Crippen LogP contribution in [0.2, 0.25) is 0 Å². The molecule has 1 heterocycles. The van der Waals surface area contributed by atoms with Crippen molar-refractivity contribution in [1.29, 1.82) is 0 Å². The fourth-order valence-electron chi connectivity index (χ4n) is 1.36. The van der Waals surface area contributed by atoms with Gasteiger partial charge in [-0.3, -0.25) is 0 Å². The predicted octanol–water partition coefficient (Wildman–Crippen LogP) is 4.73. The standard InChI is InChI=1S/C11H6BrF3O/c12-10-9(4-5-16-10)7-2-1-3-8(6-7)11(13,14)15/h1-6H. The first-order valence-corrected chi connectivity index (χ1v) is 5.18. The quantitative estimate of drug-likeness (QED) is 0.740. The maximum Gasteiger partial charge on any atom is 0.416 e. The second-order valence-corrected chi connectivity index (χ2v) is 3.91. The van der Waals surface area contributed by atoms with E-state index in [-0.39, 0.29) is 0 Å².